The lowest BCUT2D eigenvalue weighted by atomic mass is 10.0. The van der Waals surface area contributed by atoms with Crippen molar-refractivity contribution in [2.45, 2.75) is 50.3 Å². The Morgan fingerprint density at radius 2 is 2.00 bits per heavy atom. The molecule has 3 rings (SSSR count). The van der Waals surface area contributed by atoms with Gasteiger partial charge in [-0.1, -0.05) is 19.8 Å². The number of sulfonamides is 1. The number of nitrogens with zero attached hydrogens (tertiary/aromatic N) is 1. The number of hydrogen-bond acceptors (Lipinski definition) is 3. The van der Waals surface area contributed by atoms with Gasteiger partial charge in [0.05, 0.1) is 17.0 Å². The van der Waals surface area contributed by atoms with Crippen LogP contribution in [0.3, 0.4) is 0 Å². The van der Waals surface area contributed by atoms with Crippen LogP contribution < -0.4 is 9.62 Å². The molecule has 0 aliphatic carbocycles. The Hall–Kier alpha value is -1.40. The van der Waals surface area contributed by atoms with E-state index in [0.29, 0.717) is 17.9 Å². The van der Waals surface area contributed by atoms with Crippen molar-refractivity contribution in [3.05, 3.63) is 23.3 Å². The summed E-state index contributed by atoms with van der Waals surface area (Å²) in [5.41, 5.74) is 2.81. The molecule has 1 amide bonds. The maximum absolute atomic E-state index is 12.4. The Bertz CT molecular complexity index is 698. The van der Waals surface area contributed by atoms with Gasteiger partial charge >= 0.3 is 0 Å². The molecule has 0 aromatic heterocycles. The molecule has 2 aliphatic rings. The fourth-order valence-electron chi connectivity index (χ4n) is 3.27. The second-order valence-electron chi connectivity index (χ2n) is 6.02. The summed E-state index contributed by atoms with van der Waals surface area (Å²) in [5, 5.41) is 0. The lowest BCUT2D eigenvalue weighted by Gasteiger charge is -2.26. The molecule has 1 N–H and O–H groups in total. The van der Waals surface area contributed by atoms with E-state index >= 15 is 0 Å². The van der Waals surface area contributed by atoms with Crippen molar-refractivity contribution in [3.8, 4) is 0 Å². The molecule has 0 saturated carbocycles. The van der Waals surface area contributed by atoms with Crippen molar-refractivity contribution < 1.29 is 13.2 Å². The number of rotatable bonds is 6. The fraction of sp³-hybridized carbons (Fsp3) is 0.562. The average molecular weight is 322 g/mol. The lowest BCUT2D eigenvalue weighted by molar-refractivity contribution is -0.117. The molecule has 6 heteroatoms. The van der Waals surface area contributed by atoms with Crippen molar-refractivity contribution in [2.24, 2.45) is 0 Å². The molecule has 0 atom stereocenters. The van der Waals surface area contributed by atoms with Crippen LogP contribution in [0, 0.1) is 0 Å². The zero-order chi connectivity index (χ0) is 15.7. The van der Waals surface area contributed by atoms with E-state index in [1.807, 2.05) is 0 Å². The molecule has 120 valence electrons. The molecular formula is C16H22N2O3S. The summed E-state index contributed by atoms with van der Waals surface area (Å²) >= 11 is 0. The predicted molar refractivity (Wildman–Crippen MR) is 85.5 cm³/mol. The SMILES string of the molecule is CCCCCNS(=O)(=O)c1cc2c3c(c1)CC(=O)N3CCC2. The third-order valence-electron chi connectivity index (χ3n) is 4.36. The molecule has 0 unspecified atom stereocenters. The van der Waals surface area contributed by atoms with Crippen molar-refractivity contribution in [1.82, 2.24) is 4.72 Å². The number of hydrogen-bond donors (Lipinski definition) is 1. The van der Waals surface area contributed by atoms with Crippen LogP contribution in [0.4, 0.5) is 5.69 Å². The van der Waals surface area contributed by atoms with Crippen LogP contribution in [0.15, 0.2) is 17.0 Å². The Labute approximate surface area is 131 Å². The number of nitrogens with one attached hydrogen (secondary N) is 1. The van der Waals surface area contributed by atoms with Crippen molar-refractivity contribution in [2.75, 3.05) is 18.0 Å². The van der Waals surface area contributed by atoms with Gasteiger partial charge in [0.2, 0.25) is 15.9 Å². The van der Waals surface area contributed by atoms with E-state index in [1.165, 1.54) is 0 Å². The topological polar surface area (TPSA) is 66.5 Å². The van der Waals surface area contributed by atoms with E-state index in [1.54, 1.807) is 17.0 Å². The van der Waals surface area contributed by atoms with Crippen LogP contribution in [0.5, 0.6) is 0 Å². The number of amides is 1. The second kappa shape index (κ2) is 6.01. The molecule has 1 aromatic carbocycles. The number of benzene rings is 1. The maximum atomic E-state index is 12.4. The highest BCUT2D eigenvalue weighted by atomic mass is 32.2. The first-order valence-electron chi connectivity index (χ1n) is 7.99. The minimum atomic E-state index is -3.49. The molecule has 22 heavy (non-hydrogen) atoms. The summed E-state index contributed by atoms with van der Waals surface area (Å²) in [6.45, 7) is 3.30. The van der Waals surface area contributed by atoms with Gasteiger partial charge in [-0.15, -0.1) is 0 Å². The number of aryl methyl sites for hydroxylation is 1. The van der Waals surface area contributed by atoms with Gasteiger partial charge in [-0.25, -0.2) is 13.1 Å². The van der Waals surface area contributed by atoms with Gasteiger partial charge in [-0.2, -0.15) is 0 Å². The Morgan fingerprint density at radius 1 is 1.23 bits per heavy atom. The highest BCUT2D eigenvalue weighted by molar-refractivity contribution is 7.89. The van der Waals surface area contributed by atoms with E-state index in [2.05, 4.69) is 11.6 Å². The third-order valence-corrected chi connectivity index (χ3v) is 5.80. The van der Waals surface area contributed by atoms with Crippen LogP contribution in [-0.2, 0) is 27.7 Å². The minimum absolute atomic E-state index is 0.0846. The summed E-state index contributed by atoms with van der Waals surface area (Å²) in [5.74, 6) is 0.0846. The molecule has 0 bridgehead atoms. The minimum Gasteiger partial charge on any atom is -0.312 e. The highest BCUT2D eigenvalue weighted by Crippen LogP contribution is 2.38. The zero-order valence-corrected chi connectivity index (χ0v) is 13.7. The highest BCUT2D eigenvalue weighted by Gasteiger charge is 2.33. The Kier molecular flexibility index (Phi) is 4.23. The van der Waals surface area contributed by atoms with Crippen LogP contribution in [0.25, 0.3) is 0 Å². The first-order valence-corrected chi connectivity index (χ1v) is 9.47. The van der Waals surface area contributed by atoms with Crippen LogP contribution >= 0.6 is 0 Å². The van der Waals surface area contributed by atoms with Gasteiger partial charge in [0, 0.05) is 13.1 Å². The molecule has 0 saturated heterocycles. The smallest absolute Gasteiger partial charge is 0.240 e. The van der Waals surface area contributed by atoms with Gasteiger partial charge in [0.25, 0.3) is 0 Å². The normalized spacial score (nSPS) is 17.0. The fourth-order valence-corrected chi connectivity index (χ4v) is 4.44. The largest absolute Gasteiger partial charge is 0.312 e. The first kappa shape index (κ1) is 15.5. The number of carbonyl (C=O) groups is 1. The van der Waals surface area contributed by atoms with Crippen molar-refractivity contribution >= 4 is 21.6 Å². The zero-order valence-electron chi connectivity index (χ0n) is 12.9. The molecular weight excluding hydrogens is 300 g/mol. The summed E-state index contributed by atoms with van der Waals surface area (Å²) in [4.78, 5) is 14.1. The predicted octanol–water partition coefficient (Wildman–Crippen LogP) is 1.99. The van der Waals surface area contributed by atoms with Crippen LogP contribution in [-0.4, -0.2) is 27.4 Å². The van der Waals surface area contributed by atoms with Crippen molar-refractivity contribution in [3.63, 3.8) is 0 Å². The average Bonchev–Trinajstić information content (AvgIpc) is 2.82. The van der Waals surface area contributed by atoms with Crippen LogP contribution in [0.2, 0.25) is 0 Å². The van der Waals surface area contributed by atoms with E-state index in [9.17, 15) is 13.2 Å². The van der Waals surface area contributed by atoms with Gasteiger partial charge < -0.3 is 4.90 Å². The Balaban J connectivity index is 1.87. The summed E-state index contributed by atoms with van der Waals surface area (Å²) in [6, 6.07) is 3.41. The lowest BCUT2D eigenvalue weighted by Crippen LogP contribution is -2.31. The molecule has 2 heterocycles. The second-order valence-corrected chi connectivity index (χ2v) is 7.79. The molecule has 1 aromatic rings. The van der Waals surface area contributed by atoms with Gasteiger partial charge in [-0.3, -0.25) is 4.79 Å². The monoisotopic (exact) mass is 322 g/mol. The number of anilines is 1. The van der Waals surface area contributed by atoms with E-state index in [-0.39, 0.29) is 5.91 Å². The van der Waals surface area contributed by atoms with Crippen molar-refractivity contribution in [1.29, 1.82) is 0 Å². The molecule has 0 spiro atoms. The molecule has 5 nitrogen and oxygen atoms in total. The standard InChI is InChI=1S/C16H22N2O3S/c1-2-3-4-7-17-22(20,21)14-9-12-6-5-8-18-15(19)11-13(10-14)16(12)18/h9-10,17H,2-8,11H2,1H3. The summed E-state index contributed by atoms with van der Waals surface area (Å²) < 4.78 is 27.5. The van der Waals surface area contributed by atoms with Gasteiger partial charge in [0.1, 0.15) is 0 Å². The van der Waals surface area contributed by atoms with Gasteiger partial charge in [-0.05, 0) is 42.5 Å². The van der Waals surface area contributed by atoms with E-state index < -0.39 is 10.0 Å². The van der Waals surface area contributed by atoms with E-state index in [0.717, 1.165) is 55.5 Å². The molecule has 0 radical (unpaired) electrons. The molecule has 0 fully saturated rings. The van der Waals surface area contributed by atoms with Crippen LogP contribution in [0.1, 0.15) is 43.7 Å². The van der Waals surface area contributed by atoms with Gasteiger partial charge in [0.15, 0.2) is 0 Å². The summed E-state index contributed by atoms with van der Waals surface area (Å²) in [7, 11) is -3.49. The number of carbonyl (C=O) groups excluding carboxylic acids is 1. The third kappa shape index (κ3) is 2.77. The molecule has 2 aliphatic heterocycles. The Morgan fingerprint density at radius 3 is 2.77 bits per heavy atom. The summed E-state index contributed by atoms with van der Waals surface area (Å²) in [6.07, 6.45) is 4.97. The number of unbranched alkanes of at least 4 members (excludes halogenated alkanes) is 2. The first-order chi connectivity index (χ1) is 10.5. The maximum Gasteiger partial charge on any atom is 0.240 e. The quantitative estimate of drug-likeness (QED) is 0.815. The van der Waals surface area contributed by atoms with E-state index in [4.69, 9.17) is 0 Å².